The van der Waals surface area contributed by atoms with E-state index in [-0.39, 0.29) is 11.5 Å². The largest absolute Gasteiger partial charge is 0.508 e. The Morgan fingerprint density at radius 3 is 2.56 bits per heavy atom. The molecule has 0 saturated heterocycles. The van der Waals surface area contributed by atoms with Crippen LogP contribution in [0.15, 0.2) is 24.3 Å². The number of rotatable bonds is 6. The highest BCUT2D eigenvalue weighted by Gasteiger charge is 2.19. The van der Waals surface area contributed by atoms with E-state index in [1.54, 1.807) is 6.07 Å². The summed E-state index contributed by atoms with van der Waals surface area (Å²) >= 11 is 0. The summed E-state index contributed by atoms with van der Waals surface area (Å²) in [5.74, 6) is 0.328. The number of nitrogens with one attached hydrogen (secondary N) is 1. The third kappa shape index (κ3) is 5.07. The van der Waals surface area contributed by atoms with E-state index in [0.717, 1.165) is 18.7 Å². The molecule has 2 N–H and O–H groups in total. The second kappa shape index (κ2) is 6.21. The van der Waals surface area contributed by atoms with E-state index < -0.39 is 0 Å². The molecule has 0 aromatic heterocycles. The summed E-state index contributed by atoms with van der Waals surface area (Å²) in [6.45, 7) is 8.64. The molecular weight excluding hydrogens is 224 g/mol. The highest BCUT2D eigenvalue weighted by Crippen LogP contribution is 2.20. The predicted molar refractivity (Wildman–Crippen MR) is 76.9 cm³/mol. The van der Waals surface area contributed by atoms with Gasteiger partial charge in [0.1, 0.15) is 5.75 Å². The molecule has 1 atom stereocenters. The summed E-state index contributed by atoms with van der Waals surface area (Å²) in [5.41, 5.74) is 1.35. The standard InChI is InChI=1S/C15H26N2O/c1-12(13-7-6-8-14(18)9-13)16-10-15(2,3)11-17(4)5/h6-9,12,16,18H,10-11H2,1-5H3. The predicted octanol–water partition coefficient (Wildman–Crippen LogP) is 2.63. The Bertz CT molecular complexity index is 375. The molecule has 18 heavy (non-hydrogen) atoms. The molecule has 0 bridgehead atoms. The molecule has 0 amide bonds. The van der Waals surface area contributed by atoms with E-state index in [1.165, 1.54) is 0 Å². The lowest BCUT2D eigenvalue weighted by Gasteiger charge is -2.30. The van der Waals surface area contributed by atoms with Gasteiger partial charge in [-0.05, 0) is 44.1 Å². The zero-order valence-electron chi connectivity index (χ0n) is 12.2. The first-order valence-corrected chi connectivity index (χ1v) is 6.47. The van der Waals surface area contributed by atoms with Crippen LogP contribution in [0.4, 0.5) is 0 Å². The van der Waals surface area contributed by atoms with Crippen molar-refractivity contribution in [1.29, 1.82) is 0 Å². The summed E-state index contributed by atoms with van der Waals surface area (Å²) in [4.78, 5) is 2.21. The van der Waals surface area contributed by atoms with Crippen molar-refractivity contribution in [3.05, 3.63) is 29.8 Å². The van der Waals surface area contributed by atoms with Gasteiger partial charge >= 0.3 is 0 Å². The molecule has 1 rings (SSSR count). The topological polar surface area (TPSA) is 35.5 Å². The van der Waals surface area contributed by atoms with Gasteiger partial charge in [-0.1, -0.05) is 26.0 Å². The third-order valence-corrected chi connectivity index (χ3v) is 3.00. The van der Waals surface area contributed by atoms with Gasteiger partial charge in [-0.15, -0.1) is 0 Å². The zero-order chi connectivity index (χ0) is 13.8. The van der Waals surface area contributed by atoms with Crippen LogP contribution < -0.4 is 5.32 Å². The molecule has 0 saturated carbocycles. The lowest BCUT2D eigenvalue weighted by molar-refractivity contribution is 0.227. The number of phenolic OH excluding ortho intramolecular Hbond substituents is 1. The fraction of sp³-hybridized carbons (Fsp3) is 0.600. The van der Waals surface area contributed by atoms with Crippen LogP contribution in [0.2, 0.25) is 0 Å². The molecule has 0 fully saturated rings. The molecular formula is C15H26N2O. The van der Waals surface area contributed by atoms with Gasteiger partial charge in [-0.25, -0.2) is 0 Å². The quantitative estimate of drug-likeness (QED) is 0.814. The van der Waals surface area contributed by atoms with Crippen molar-refractivity contribution in [2.45, 2.75) is 26.8 Å². The molecule has 3 nitrogen and oxygen atoms in total. The summed E-state index contributed by atoms with van der Waals surface area (Å²) in [6.07, 6.45) is 0. The Balaban J connectivity index is 2.53. The van der Waals surface area contributed by atoms with Gasteiger partial charge in [0, 0.05) is 19.1 Å². The van der Waals surface area contributed by atoms with Crippen molar-refractivity contribution in [1.82, 2.24) is 10.2 Å². The average Bonchev–Trinajstić information content (AvgIpc) is 2.24. The highest BCUT2D eigenvalue weighted by molar-refractivity contribution is 5.29. The first kappa shape index (κ1) is 15.0. The van der Waals surface area contributed by atoms with E-state index in [2.05, 4.69) is 45.1 Å². The molecule has 1 aromatic carbocycles. The van der Waals surface area contributed by atoms with Crippen molar-refractivity contribution in [2.24, 2.45) is 5.41 Å². The van der Waals surface area contributed by atoms with Gasteiger partial charge < -0.3 is 15.3 Å². The van der Waals surface area contributed by atoms with Crippen LogP contribution >= 0.6 is 0 Å². The molecule has 1 unspecified atom stereocenters. The first-order chi connectivity index (χ1) is 8.30. The van der Waals surface area contributed by atoms with Crippen molar-refractivity contribution in [3.8, 4) is 5.75 Å². The fourth-order valence-corrected chi connectivity index (χ4v) is 2.25. The summed E-state index contributed by atoms with van der Waals surface area (Å²) in [7, 11) is 4.20. The fourth-order valence-electron chi connectivity index (χ4n) is 2.25. The monoisotopic (exact) mass is 250 g/mol. The molecule has 0 radical (unpaired) electrons. The van der Waals surface area contributed by atoms with Crippen LogP contribution in [0.1, 0.15) is 32.4 Å². The van der Waals surface area contributed by atoms with Gasteiger partial charge in [0.25, 0.3) is 0 Å². The Hall–Kier alpha value is -1.06. The van der Waals surface area contributed by atoms with E-state index >= 15 is 0 Å². The molecule has 0 aliphatic rings. The number of nitrogens with zero attached hydrogens (tertiary/aromatic N) is 1. The molecule has 0 spiro atoms. The van der Waals surface area contributed by atoms with Crippen LogP contribution in [-0.2, 0) is 0 Å². The van der Waals surface area contributed by atoms with E-state index in [0.29, 0.717) is 5.75 Å². The summed E-state index contributed by atoms with van der Waals surface area (Å²) in [6, 6.07) is 7.69. The van der Waals surface area contributed by atoms with Crippen molar-refractivity contribution >= 4 is 0 Å². The molecule has 0 heterocycles. The zero-order valence-corrected chi connectivity index (χ0v) is 12.2. The lowest BCUT2D eigenvalue weighted by atomic mass is 9.92. The van der Waals surface area contributed by atoms with E-state index in [1.807, 2.05) is 18.2 Å². The smallest absolute Gasteiger partial charge is 0.115 e. The Morgan fingerprint density at radius 1 is 1.33 bits per heavy atom. The minimum Gasteiger partial charge on any atom is -0.508 e. The maximum atomic E-state index is 9.47. The van der Waals surface area contributed by atoms with Crippen LogP contribution in [0.25, 0.3) is 0 Å². The molecule has 0 aliphatic heterocycles. The highest BCUT2D eigenvalue weighted by atomic mass is 16.3. The van der Waals surface area contributed by atoms with Crippen molar-refractivity contribution in [2.75, 3.05) is 27.2 Å². The van der Waals surface area contributed by atoms with Crippen molar-refractivity contribution in [3.63, 3.8) is 0 Å². The maximum Gasteiger partial charge on any atom is 0.115 e. The van der Waals surface area contributed by atoms with Gasteiger partial charge in [-0.2, -0.15) is 0 Å². The SMILES string of the molecule is CC(NCC(C)(C)CN(C)C)c1cccc(O)c1. The van der Waals surface area contributed by atoms with Crippen LogP contribution in [0.5, 0.6) is 5.75 Å². The summed E-state index contributed by atoms with van der Waals surface area (Å²) < 4.78 is 0. The van der Waals surface area contributed by atoms with Crippen LogP contribution in [0, 0.1) is 5.41 Å². The number of benzene rings is 1. The number of hydrogen-bond donors (Lipinski definition) is 2. The third-order valence-electron chi connectivity index (χ3n) is 3.00. The van der Waals surface area contributed by atoms with Gasteiger partial charge in [0.2, 0.25) is 0 Å². The normalized spacial score (nSPS) is 13.9. The summed E-state index contributed by atoms with van der Waals surface area (Å²) in [5, 5.41) is 13.0. The Labute approximate surface area is 111 Å². The minimum absolute atomic E-state index is 0.231. The Kier molecular flexibility index (Phi) is 5.17. The Morgan fingerprint density at radius 2 is 2.00 bits per heavy atom. The van der Waals surface area contributed by atoms with Gasteiger partial charge in [-0.3, -0.25) is 0 Å². The second-order valence-electron chi connectivity index (χ2n) is 6.10. The molecule has 1 aromatic rings. The second-order valence-corrected chi connectivity index (χ2v) is 6.10. The molecule has 102 valence electrons. The minimum atomic E-state index is 0.231. The molecule has 0 aliphatic carbocycles. The lowest BCUT2D eigenvalue weighted by Crippen LogP contribution is -2.38. The number of aromatic hydroxyl groups is 1. The average molecular weight is 250 g/mol. The van der Waals surface area contributed by atoms with Crippen LogP contribution in [0.3, 0.4) is 0 Å². The van der Waals surface area contributed by atoms with E-state index in [4.69, 9.17) is 0 Å². The van der Waals surface area contributed by atoms with E-state index in [9.17, 15) is 5.11 Å². The van der Waals surface area contributed by atoms with Crippen molar-refractivity contribution < 1.29 is 5.11 Å². The van der Waals surface area contributed by atoms with Crippen LogP contribution in [-0.4, -0.2) is 37.2 Å². The van der Waals surface area contributed by atoms with Gasteiger partial charge in [0.05, 0.1) is 0 Å². The number of phenols is 1. The first-order valence-electron chi connectivity index (χ1n) is 6.47. The molecule has 3 heteroatoms. The number of hydrogen-bond acceptors (Lipinski definition) is 3. The van der Waals surface area contributed by atoms with Gasteiger partial charge in [0.15, 0.2) is 0 Å². The maximum absolute atomic E-state index is 9.47.